The fourth-order valence-electron chi connectivity index (χ4n) is 3.06. The first-order valence-electron chi connectivity index (χ1n) is 8.62. The predicted octanol–water partition coefficient (Wildman–Crippen LogP) is 3.74. The standard InChI is InChI=1S/C20H21N3S/c1-14-6-11-17-18(13-14)24-20(23-17)15-7-9-16(10-8-15)22-19-5-3-2-4-12-21-19/h6-11,13H,2-5,12H2,1H3,(H,21,22)/p+1. The number of thiazole rings is 1. The van der Waals surface area contributed by atoms with E-state index in [1.165, 1.54) is 40.9 Å². The second-order valence-corrected chi connectivity index (χ2v) is 7.44. The van der Waals surface area contributed by atoms with Gasteiger partial charge in [0.1, 0.15) is 10.7 Å². The Kier molecular flexibility index (Phi) is 4.30. The molecule has 1 aliphatic rings. The van der Waals surface area contributed by atoms with Crippen molar-refractivity contribution in [2.75, 3.05) is 11.9 Å². The average Bonchev–Trinajstić information content (AvgIpc) is 2.84. The lowest BCUT2D eigenvalue weighted by Crippen LogP contribution is -2.74. The minimum Gasteiger partial charge on any atom is -0.278 e. The summed E-state index contributed by atoms with van der Waals surface area (Å²) in [4.78, 5) is 8.26. The van der Waals surface area contributed by atoms with Crippen LogP contribution in [0.1, 0.15) is 31.2 Å². The van der Waals surface area contributed by atoms with E-state index in [1.807, 2.05) is 0 Å². The van der Waals surface area contributed by atoms with E-state index in [4.69, 9.17) is 4.98 Å². The summed E-state index contributed by atoms with van der Waals surface area (Å²) in [5.74, 6) is 1.25. The molecule has 2 aromatic carbocycles. The number of anilines is 1. The van der Waals surface area contributed by atoms with Crippen molar-refractivity contribution in [1.29, 1.82) is 0 Å². The van der Waals surface area contributed by atoms with E-state index in [9.17, 15) is 0 Å². The highest BCUT2D eigenvalue weighted by Gasteiger charge is 2.11. The molecule has 0 radical (unpaired) electrons. The van der Waals surface area contributed by atoms with Crippen molar-refractivity contribution in [2.45, 2.75) is 32.6 Å². The summed E-state index contributed by atoms with van der Waals surface area (Å²) in [6.07, 6.45) is 4.95. The minimum absolute atomic E-state index is 1.07. The van der Waals surface area contributed by atoms with Gasteiger partial charge in [0, 0.05) is 12.0 Å². The molecule has 0 saturated carbocycles. The van der Waals surface area contributed by atoms with Crippen molar-refractivity contribution in [2.24, 2.45) is 0 Å². The number of nitrogens with one attached hydrogen (secondary N) is 2. The third-order valence-corrected chi connectivity index (χ3v) is 5.48. The highest BCUT2D eigenvalue weighted by molar-refractivity contribution is 7.21. The molecular weight excluding hydrogens is 314 g/mol. The Balaban J connectivity index is 1.55. The number of rotatable bonds is 2. The molecule has 0 spiro atoms. The van der Waals surface area contributed by atoms with E-state index in [0.29, 0.717) is 0 Å². The van der Waals surface area contributed by atoms with Gasteiger partial charge in [0.2, 0.25) is 5.84 Å². The molecule has 3 aromatic rings. The number of nitrogens with zero attached hydrogens (tertiary/aromatic N) is 1. The van der Waals surface area contributed by atoms with Crippen LogP contribution in [-0.4, -0.2) is 17.4 Å². The summed E-state index contributed by atoms with van der Waals surface area (Å²) in [6, 6.07) is 15.0. The number of hydrogen-bond donors (Lipinski definition) is 2. The lowest BCUT2D eigenvalue weighted by Gasteiger charge is -2.02. The summed E-state index contributed by atoms with van der Waals surface area (Å²) >= 11 is 1.76. The third kappa shape index (κ3) is 3.34. The number of aromatic nitrogens is 1. The number of amidine groups is 1. The highest BCUT2D eigenvalue weighted by Crippen LogP contribution is 2.31. The molecule has 0 amide bonds. The Morgan fingerprint density at radius 3 is 2.79 bits per heavy atom. The van der Waals surface area contributed by atoms with Gasteiger partial charge in [0.15, 0.2) is 0 Å². The second kappa shape index (κ2) is 6.73. The van der Waals surface area contributed by atoms with Gasteiger partial charge in [-0.3, -0.25) is 4.99 Å². The molecule has 3 nitrogen and oxygen atoms in total. The van der Waals surface area contributed by atoms with Gasteiger partial charge >= 0.3 is 0 Å². The molecule has 1 aromatic heterocycles. The van der Waals surface area contributed by atoms with Crippen molar-refractivity contribution >= 4 is 33.1 Å². The van der Waals surface area contributed by atoms with E-state index < -0.39 is 0 Å². The van der Waals surface area contributed by atoms with Crippen LogP contribution in [0.4, 0.5) is 5.69 Å². The Labute approximate surface area is 146 Å². The van der Waals surface area contributed by atoms with E-state index in [-0.39, 0.29) is 0 Å². The molecule has 4 rings (SSSR count). The highest BCUT2D eigenvalue weighted by atomic mass is 32.1. The predicted molar refractivity (Wildman–Crippen MR) is 103 cm³/mol. The van der Waals surface area contributed by atoms with Crippen LogP contribution in [0.2, 0.25) is 0 Å². The maximum absolute atomic E-state index is 4.76. The van der Waals surface area contributed by atoms with Crippen molar-refractivity contribution in [1.82, 2.24) is 4.98 Å². The Morgan fingerprint density at radius 2 is 1.92 bits per heavy atom. The van der Waals surface area contributed by atoms with Crippen LogP contribution >= 0.6 is 11.3 Å². The van der Waals surface area contributed by atoms with Gasteiger partial charge in [-0.2, -0.15) is 0 Å². The van der Waals surface area contributed by atoms with Crippen LogP contribution in [0, 0.1) is 6.92 Å². The molecule has 0 unspecified atom stereocenters. The maximum atomic E-state index is 4.76. The quantitative estimate of drug-likeness (QED) is 0.748. The summed E-state index contributed by atoms with van der Waals surface area (Å²) in [5, 5.41) is 4.61. The fraction of sp³-hybridized carbons (Fsp3) is 0.300. The Morgan fingerprint density at radius 1 is 1.04 bits per heavy atom. The Hall–Kier alpha value is -2.20. The molecule has 0 aliphatic carbocycles. The number of fused-ring (bicyclic) bond motifs is 1. The van der Waals surface area contributed by atoms with Crippen molar-refractivity contribution in [3.63, 3.8) is 0 Å². The molecule has 1 aliphatic heterocycles. The van der Waals surface area contributed by atoms with Gasteiger partial charge in [0.05, 0.1) is 16.8 Å². The smallest absolute Gasteiger partial charge is 0.247 e. The second-order valence-electron chi connectivity index (χ2n) is 6.41. The van der Waals surface area contributed by atoms with Gasteiger partial charge in [0.25, 0.3) is 0 Å². The van der Waals surface area contributed by atoms with Gasteiger partial charge < -0.3 is 0 Å². The molecule has 0 fully saturated rings. The minimum atomic E-state index is 1.07. The monoisotopic (exact) mass is 336 g/mol. The molecule has 122 valence electrons. The molecule has 24 heavy (non-hydrogen) atoms. The average molecular weight is 336 g/mol. The topological polar surface area (TPSA) is 38.9 Å². The zero-order valence-electron chi connectivity index (χ0n) is 13.9. The maximum Gasteiger partial charge on any atom is 0.247 e. The van der Waals surface area contributed by atoms with Gasteiger partial charge in [-0.05, 0) is 68.1 Å². The number of aryl methyl sites for hydroxylation is 1. The molecule has 0 atom stereocenters. The first-order valence-corrected chi connectivity index (χ1v) is 9.44. The number of hydrogen-bond acceptors (Lipinski definition) is 3. The lowest BCUT2D eigenvalue weighted by molar-refractivity contribution is -0.457. The number of benzene rings is 2. The van der Waals surface area contributed by atoms with Gasteiger partial charge in [-0.25, -0.2) is 10.3 Å². The van der Waals surface area contributed by atoms with Crippen LogP contribution in [0.25, 0.3) is 20.8 Å². The van der Waals surface area contributed by atoms with E-state index in [2.05, 4.69) is 59.7 Å². The zero-order chi connectivity index (χ0) is 16.4. The molecule has 0 saturated heterocycles. The molecule has 4 heteroatoms. The zero-order valence-corrected chi connectivity index (χ0v) is 14.7. The van der Waals surface area contributed by atoms with Crippen molar-refractivity contribution in [3.8, 4) is 10.6 Å². The van der Waals surface area contributed by atoms with Crippen LogP contribution in [0.3, 0.4) is 0 Å². The molecule has 0 bridgehead atoms. The van der Waals surface area contributed by atoms with Crippen LogP contribution < -0.4 is 10.3 Å². The molecule has 2 N–H and O–H groups in total. The van der Waals surface area contributed by atoms with Crippen molar-refractivity contribution < 1.29 is 4.99 Å². The van der Waals surface area contributed by atoms with E-state index in [1.54, 1.807) is 11.3 Å². The van der Waals surface area contributed by atoms with Gasteiger partial charge in [-0.1, -0.05) is 6.07 Å². The first-order chi connectivity index (χ1) is 11.8. The summed E-state index contributed by atoms with van der Waals surface area (Å²) < 4.78 is 1.26. The van der Waals surface area contributed by atoms with Crippen LogP contribution in [0.5, 0.6) is 0 Å². The van der Waals surface area contributed by atoms with Crippen molar-refractivity contribution in [3.05, 3.63) is 48.0 Å². The normalized spacial score (nSPS) is 15.1. The van der Waals surface area contributed by atoms with Crippen LogP contribution in [0.15, 0.2) is 42.5 Å². The van der Waals surface area contributed by atoms with E-state index >= 15 is 0 Å². The fourth-order valence-corrected chi connectivity index (χ4v) is 4.13. The van der Waals surface area contributed by atoms with Gasteiger partial charge in [-0.15, -0.1) is 11.3 Å². The lowest BCUT2D eigenvalue weighted by atomic mass is 10.2. The van der Waals surface area contributed by atoms with Crippen LogP contribution in [-0.2, 0) is 0 Å². The molecule has 2 heterocycles. The summed E-state index contributed by atoms with van der Waals surface area (Å²) in [5.41, 5.74) is 4.68. The first kappa shape index (κ1) is 15.3. The third-order valence-electron chi connectivity index (χ3n) is 4.41. The largest absolute Gasteiger partial charge is 0.278 e. The molecular formula is C20H22N3S+. The van der Waals surface area contributed by atoms with E-state index in [0.717, 1.165) is 29.2 Å². The SMILES string of the molecule is Cc1ccc2nc(-c3ccc(NC4=[NH+]CCCCC4)cc3)sc2c1. The summed E-state index contributed by atoms with van der Waals surface area (Å²) in [6.45, 7) is 3.20. The summed E-state index contributed by atoms with van der Waals surface area (Å²) in [7, 11) is 0. The Bertz CT molecular complexity index is 878.